The molecule has 4 N–H and O–H groups in total. The Bertz CT molecular complexity index is 1220. The van der Waals surface area contributed by atoms with E-state index >= 15 is 0 Å². The van der Waals surface area contributed by atoms with E-state index in [0.717, 1.165) is 0 Å². The quantitative estimate of drug-likeness (QED) is 0.0748. The summed E-state index contributed by atoms with van der Waals surface area (Å²) in [7, 11) is 0. The Morgan fingerprint density at radius 2 is 0.873 bits per heavy atom. The van der Waals surface area contributed by atoms with Crippen molar-refractivity contribution < 1.29 is 76.4 Å². The molecule has 2 aliphatic heterocycles. The van der Waals surface area contributed by atoms with Crippen LogP contribution in [0.2, 0.25) is 0 Å². The summed E-state index contributed by atoms with van der Waals surface area (Å²) < 4.78 is 18.1. The van der Waals surface area contributed by atoms with Gasteiger partial charge in [0.25, 0.3) is 0 Å². The molecule has 2 unspecified atom stereocenters. The maximum absolute atomic E-state index is 12.6. The Kier molecular flexibility index (Phi) is 17.8. The number of carboxylic acid groups (broad SMARTS) is 1. The third kappa shape index (κ3) is 9.80. The molecular formula is C42H82CrO12+3. The van der Waals surface area contributed by atoms with Gasteiger partial charge in [-0.1, -0.05) is 55.4 Å². The summed E-state index contributed by atoms with van der Waals surface area (Å²) in [5.74, 6) is -1.63. The number of aliphatic hydroxyl groups is 2. The molecule has 2 rings (SSSR count). The van der Waals surface area contributed by atoms with Gasteiger partial charge in [-0.3, -0.25) is 5.26 Å². The zero-order valence-electron chi connectivity index (χ0n) is 39.0. The second-order valence-corrected chi connectivity index (χ2v) is 20.8. The van der Waals surface area contributed by atoms with Gasteiger partial charge >= 0.3 is 29.3 Å². The summed E-state index contributed by atoms with van der Waals surface area (Å²) in [4.78, 5) is 36.0. The van der Waals surface area contributed by atoms with Crippen LogP contribution in [0, 0.1) is 33.5 Å². The molecule has 13 heteroatoms. The van der Waals surface area contributed by atoms with Gasteiger partial charge in [0.05, 0.1) is 33.6 Å². The van der Waals surface area contributed by atoms with Crippen LogP contribution in [0.3, 0.4) is 0 Å². The van der Waals surface area contributed by atoms with E-state index < -0.39 is 58.4 Å². The van der Waals surface area contributed by atoms with E-state index in [1.54, 1.807) is 41.5 Å². The Labute approximate surface area is 345 Å². The molecule has 0 aliphatic carbocycles. The third-order valence-electron chi connectivity index (χ3n) is 15.2. The van der Waals surface area contributed by atoms with Gasteiger partial charge in [0.1, 0.15) is 11.2 Å². The van der Waals surface area contributed by atoms with Crippen LogP contribution < -0.4 is 0 Å². The van der Waals surface area contributed by atoms with Gasteiger partial charge in [-0.05, 0) is 123 Å². The van der Waals surface area contributed by atoms with Crippen molar-refractivity contribution in [3.05, 3.63) is 0 Å². The fourth-order valence-electron chi connectivity index (χ4n) is 10.5. The Morgan fingerprint density at radius 1 is 0.582 bits per heavy atom. The molecule has 2 atom stereocenters. The van der Waals surface area contributed by atoms with Crippen molar-refractivity contribution >= 4 is 11.9 Å². The molecule has 2 heterocycles. The summed E-state index contributed by atoms with van der Waals surface area (Å²) in [6.45, 7) is 47.6. The van der Waals surface area contributed by atoms with Crippen molar-refractivity contribution in [1.82, 2.24) is 0 Å². The number of carbonyl (C=O) groups excluding carboxylic acids is 1. The van der Waals surface area contributed by atoms with Crippen LogP contribution in [0.5, 0.6) is 0 Å². The van der Waals surface area contributed by atoms with Crippen molar-refractivity contribution in [2.75, 3.05) is 13.2 Å². The summed E-state index contributed by atoms with van der Waals surface area (Å²) >= 11 is 0. The van der Waals surface area contributed by atoms with E-state index in [2.05, 4.69) is 74.1 Å². The minimum Gasteiger partial charge on any atom is -0.479 e. The zero-order chi connectivity index (χ0) is 44.0. The molecule has 0 aromatic carbocycles. The van der Waals surface area contributed by atoms with Crippen molar-refractivity contribution in [1.29, 1.82) is 0 Å². The number of carbonyl (C=O) groups is 2. The SMILES string of the molecule is CC(C)C(C)(C(C)(C)O)C(C)(C)OOCC(=O)OC(C)(C)C(C)(C(C)C)C(C)(C)O.CC1(C)OC(C)(C)C1(C)C1(C)C(C)(C)OC1(C)C.O=C(O)COO.[Cr+3]. The first-order valence-electron chi connectivity index (χ1n) is 19.3. The maximum atomic E-state index is 12.6. The molecule has 0 amide bonds. The largest absolute Gasteiger partial charge is 3.00 e. The minimum atomic E-state index is -1.18. The zero-order valence-corrected chi connectivity index (χ0v) is 40.3. The molecule has 0 aromatic rings. The molecule has 325 valence electrons. The Morgan fingerprint density at radius 3 is 1.07 bits per heavy atom. The van der Waals surface area contributed by atoms with Gasteiger partial charge in [0.15, 0.2) is 13.2 Å². The van der Waals surface area contributed by atoms with Gasteiger partial charge in [0.2, 0.25) is 0 Å². The monoisotopic (exact) mass is 831 g/mol. The third-order valence-corrected chi connectivity index (χ3v) is 15.2. The van der Waals surface area contributed by atoms with Crippen molar-refractivity contribution in [2.45, 2.75) is 211 Å². The van der Waals surface area contributed by atoms with Gasteiger partial charge in [-0.15, -0.1) is 0 Å². The number of ether oxygens (including phenoxy) is 3. The van der Waals surface area contributed by atoms with Crippen LogP contribution in [0.25, 0.3) is 0 Å². The van der Waals surface area contributed by atoms with E-state index in [-0.39, 0.29) is 62.4 Å². The first kappa shape index (κ1) is 56.2. The van der Waals surface area contributed by atoms with Crippen LogP contribution in [0.15, 0.2) is 0 Å². The Balaban J connectivity index is 0. The van der Waals surface area contributed by atoms with Crippen molar-refractivity contribution in [2.24, 2.45) is 33.5 Å². The van der Waals surface area contributed by atoms with Crippen molar-refractivity contribution in [3.8, 4) is 0 Å². The van der Waals surface area contributed by atoms with Crippen LogP contribution in [0.4, 0.5) is 0 Å². The van der Waals surface area contributed by atoms with Gasteiger partial charge < -0.3 is 29.5 Å². The number of rotatable bonds is 14. The normalized spacial score (nSPS) is 22.8. The van der Waals surface area contributed by atoms with Crippen LogP contribution in [0.1, 0.15) is 166 Å². The molecular weight excluding hydrogens is 748 g/mol. The van der Waals surface area contributed by atoms with E-state index in [4.69, 9.17) is 34.3 Å². The van der Waals surface area contributed by atoms with Crippen LogP contribution in [-0.4, -0.2) is 90.5 Å². The molecule has 0 saturated carbocycles. The van der Waals surface area contributed by atoms with E-state index in [1.165, 1.54) is 0 Å². The molecule has 55 heavy (non-hydrogen) atoms. The fourth-order valence-corrected chi connectivity index (χ4v) is 10.5. The number of hydrogen-bond acceptors (Lipinski definition) is 11. The Hall–Kier alpha value is -0.848. The predicted octanol–water partition coefficient (Wildman–Crippen LogP) is 8.63. The molecule has 0 spiro atoms. The smallest absolute Gasteiger partial charge is 0.479 e. The number of aliphatic carboxylic acids is 1. The molecule has 1 radical (unpaired) electrons. The molecule has 12 nitrogen and oxygen atoms in total. The summed E-state index contributed by atoms with van der Waals surface area (Å²) in [5, 5.41) is 36.5. The second kappa shape index (κ2) is 17.4. The minimum absolute atomic E-state index is 0. The molecule has 2 saturated heterocycles. The topological polar surface area (TPSA) is 170 Å². The fraction of sp³-hybridized carbons (Fsp3) is 0.952. The first-order valence-corrected chi connectivity index (χ1v) is 19.3. The number of esters is 1. The molecule has 2 aliphatic rings. The van der Waals surface area contributed by atoms with Crippen molar-refractivity contribution in [3.63, 3.8) is 0 Å². The second-order valence-electron chi connectivity index (χ2n) is 20.8. The van der Waals surface area contributed by atoms with Gasteiger partial charge in [0, 0.05) is 21.7 Å². The average molecular weight is 831 g/mol. The number of hydrogen-bond donors (Lipinski definition) is 4. The summed E-state index contributed by atoms with van der Waals surface area (Å²) in [6, 6.07) is 0. The van der Waals surface area contributed by atoms with E-state index in [0.29, 0.717) is 0 Å². The standard InChI is InChI=1S/C24H48O6.C16H30O2.C2H4O4.Cr/c1-16(2)23(13,19(5,6)26)21(9,10)29-18(25)15-28-30-22(11,12)24(14,17(3)4)20(7,8)27;1-11(2)15(9,12(3,4)17-11)16(10)13(5,6)18-14(16,7)8;3-2(4)1-6-5;/h16-17,26-27H,15H2,1-14H3;1-10H3;5H,1H2,(H,3,4);/q;;;+3. The van der Waals surface area contributed by atoms with E-state index in [1.807, 2.05) is 55.4 Å². The maximum Gasteiger partial charge on any atom is 3.00 e. The van der Waals surface area contributed by atoms with Gasteiger partial charge in [-0.25, -0.2) is 24.3 Å². The summed E-state index contributed by atoms with van der Waals surface area (Å²) in [6.07, 6.45) is 0. The summed E-state index contributed by atoms with van der Waals surface area (Å²) in [5.41, 5.74) is -5.65. The predicted molar refractivity (Wildman–Crippen MR) is 211 cm³/mol. The van der Waals surface area contributed by atoms with E-state index in [9.17, 15) is 19.8 Å². The molecule has 0 aromatic heterocycles. The number of carboxylic acids is 1. The molecule has 2 fully saturated rings. The van der Waals surface area contributed by atoms with Gasteiger partial charge in [-0.2, -0.15) is 0 Å². The molecule has 0 bridgehead atoms. The van der Waals surface area contributed by atoms with Crippen LogP contribution >= 0.6 is 0 Å². The van der Waals surface area contributed by atoms with Crippen LogP contribution in [-0.2, 0) is 55.8 Å². The average Bonchev–Trinajstić information content (AvgIpc) is 2.92. The first-order chi connectivity index (χ1) is 23.4.